The number of carbonyl (C=O) groups is 2. The summed E-state index contributed by atoms with van der Waals surface area (Å²) in [6.45, 7) is 2.45. The summed E-state index contributed by atoms with van der Waals surface area (Å²) in [7, 11) is 1.50. The van der Waals surface area contributed by atoms with Crippen molar-refractivity contribution < 1.29 is 19.1 Å². The summed E-state index contributed by atoms with van der Waals surface area (Å²) in [5, 5.41) is 8.54. The van der Waals surface area contributed by atoms with Crippen molar-refractivity contribution in [3.05, 3.63) is 45.9 Å². The summed E-state index contributed by atoms with van der Waals surface area (Å²) < 4.78 is 10.6. The molecule has 0 radical (unpaired) electrons. The monoisotopic (exact) mass is 417 g/mol. The fourth-order valence-corrected chi connectivity index (χ4v) is 3.99. The maximum absolute atomic E-state index is 12.5. The normalized spacial score (nSPS) is 18.8. The van der Waals surface area contributed by atoms with Gasteiger partial charge in [-0.15, -0.1) is 11.3 Å². The largest absolute Gasteiger partial charge is 0.486 e. The van der Waals surface area contributed by atoms with E-state index in [0.717, 1.165) is 36.4 Å². The van der Waals surface area contributed by atoms with Gasteiger partial charge in [-0.05, 0) is 44.7 Å². The minimum atomic E-state index is -0.158. The Bertz CT molecular complexity index is 814. The molecule has 156 valence electrons. The van der Waals surface area contributed by atoms with Gasteiger partial charge in [-0.2, -0.15) is 0 Å². The summed E-state index contributed by atoms with van der Waals surface area (Å²) in [5.74, 6) is 0.531. The Labute approximate surface area is 174 Å². The second kappa shape index (κ2) is 10.4. The van der Waals surface area contributed by atoms with E-state index >= 15 is 0 Å². The van der Waals surface area contributed by atoms with Gasteiger partial charge >= 0.3 is 0 Å². The van der Waals surface area contributed by atoms with E-state index in [9.17, 15) is 9.59 Å². The number of ether oxygens (including phenoxy) is 2. The van der Waals surface area contributed by atoms with Gasteiger partial charge in [0.05, 0.1) is 0 Å². The molecule has 0 bridgehead atoms. The number of methoxy groups -OCH3 is 1. The molecule has 2 amide bonds. The number of hydrogen-bond acceptors (Lipinski definition) is 6. The maximum atomic E-state index is 12.5. The Morgan fingerprint density at radius 3 is 2.41 bits per heavy atom. The van der Waals surface area contributed by atoms with Crippen LogP contribution in [0.2, 0.25) is 0 Å². The second-order valence-corrected chi connectivity index (χ2v) is 8.19. The quantitative estimate of drug-likeness (QED) is 0.689. The fourth-order valence-electron chi connectivity index (χ4n) is 3.30. The van der Waals surface area contributed by atoms with Crippen LogP contribution in [0.5, 0.6) is 5.75 Å². The van der Waals surface area contributed by atoms with Gasteiger partial charge in [-0.25, -0.2) is 4.98 Å². The lowest BCUT2D eigenvalue weighted by molar-refractivity contribution is -0.125. The number of nitrogens with one attached hydrogen (secondary N) is 2. The molecule has 3 rings (SSSR count). The molecule has 1 aromatic heterocycles. The van der Waals surface area contributed by atoms with Crippen LogP contribution in [0.3, 0.4) is 0 Å². The predicted molar refractivity (Wildman–Crippen MR) is 111 cm³/mol. The number of benzene rings is 1. The van der Waals surface area contributed by atoms with Gasteiger partial charge in [0.15, 0.2) is 0 Å². The first-order valence-electron chi connectivity index (χ1n) is 9.76. The van der Waals surface area contributed by atoms with E-state index in [0.29, 0.717) is 12.3 Å². The molecule has 1 aliphatic carbocycles. The van der Waals surface area contributed by atoms with Gasteiger partial charge in [-0.3, -0.25) is 9.59 Å². The average Bonchev–Trinajstić information content (AvgIpc) is 3.18. The standard InChI is InChI=1S/C21H27N3O4S/c1-14-3-9-17(10-4-14)28-12-20-24-18(13-29-20)21(26)23-16-7-5-15(6-8-16)22-19(25)11-27-2/h3-4,9-10,13,15-16H,5-8,11-12H2,1-2H3,(H,22,25)(H,23,26). The van der Waals surface area contributed by atoms with E-state index in [1.807, 2.05) is 31.2 Å². The van der Waals surface area contributed by atoms with Crippen LogP contribution in [0.1, 0.15) is 46.7 Å². The Hall–Kier alpha value is -2.45. The summed E-state index contributed by atoms with van der Waals surface area (Å²) >= 11 is 1.42. The maximum Gasteiger partial charge on any atom is 0.270 e. The predicted octanol–water partition coefficient (Wildman–Crippen LogP) is 2.83. The molecule has 0 unspecified atom stereocenters. The van der Waals surface area contributed by atoms with Gasteiger partial charge in [0, 0.05) is 24.6 Å². The molecule has 2 N–H and O–H groups in total. The van der Waals surface area contributed by atoms with Crippen LogP contribution in [0, 0.1) is 6.92 Å². The van der Waals surface area contributed by atoms with Gasteiger partial charge in [0.2, 0.25) is 5.91 Å². The van der Waals surface area contributed by atoms with Gasteiger partial charge in [0.25, 0.3) is 5.91 Å². The van der Waals surface area contributed by atoms with E-state index in [1.54, 1.807) is 5.38 Å². The lowest BCUT2D eigenvalue weighted by Crippen LogP contribution is -2.44. The number of rotatable bonds is 8. The number of hydrogen-bond donors (Lipinski definition) is 2. The molecule has 1 saturated carbocycles. The van der Waals surface area contributed by atoms with Crippen molar-refractivity contribution in [1.29, 1.82) is 0 Å². The van der Waals surface area contributed by atoms with Crippen LogP contribution >= 0.6 is 11.3 Å². The number of aromatic nitrogens is 1. The highest BCUT2D eigenvalue weighted by Crippen LogP contribution is 2.20. The molecule has 29 heavy (non-hydrogen) atoms. The SMILES string of the molecule is COCC(=O)NC1CCC(NC(=O)c2csc(COc3ccc(C)cc3)n2)CC1. The Morgan fingerprint density at radius 2 is 1.76 bits per heavy atom. The van der Waals surface area contributed by atoms with Crippen molar-refractivity contribution >= 4 is 23.2 Å². The molecular formula is C21H27N3O4S. The smallest absolute Gasteiger partial charge is 0.270 e. The fraction of sp³-hybridized carbons (Fsp3) is 0.476. The molecule has 0 atom stereocenters. The minimum Gasteiger partial charge on any atom is -0.486 e. The van der Waals surface area contributed by atoms with E-state index in [-0.39, 0.29) is 30.5 Å². The van der Waals surface area contributed by atoms with E-state index in [1.165, 1.54) is 24.0 Å². The molecule has 8 heteroatoms. The number of nitrogens with zero attached hydrogens (tertiary/aromatic N) is 1. The molecule has 1 aliphatic rings. The number of carbonyl (C=O) groups excluding carboxylic acids is 2. The van der Waals surface area contributed by atoms with Gasteiger partial charge in [-0.1, -0.05) is 17.7 Å². The summed E-state index contributed by atoms with van der Waals surface area (Å²) in [6, 6.07) is 8.08. The third kappa shape index (κ3) is 6.54. The van der Waals surface area contributed by atoms with E-state index in [2.05, 4.69) is 15.6 Å². The Balaban J connectivity index is 1.42. The summed E-state index contributed by atoms with van der Waals surface area (Å²) in [6.07, 6.45) is 3.34. The summed E-state index contributed by atoms with van der Waals surface area (Å²) in [5.41, 5.74) is 1.60. The molecular weight excluding hydrogens is 390 g/mol. The van der Waals surface area contributed by atoms with Crippen LogP contribution in [-0.2, 0) is 16.1 Å². The van der Waals surface area contributed by atoms with Crippen molar-refractivity contribution in [3.8, 4) is 5.75 Å². The van der Waals surface area contributed by atoms with Crippen LogP contribution in [-0.4, -0.2) is 42.6 Å². The van der Waals surface area contributed by atoms with Gasteiger partial charge in [0.1, 0.15) is 29.7 Å². The molecule has 2 aromatic rings. The molecule has 1 heterocycles. The van der Waals surface area contributed by atoms with Crippen molar-refractivity contribution in [1.82, 2.24) is 15.6 Å². The summed E-state index contributed by atoms with van der Waals surface area (Å²) in [4.78, 5) is 28.5. The third-order valence-electron chi connectivity index (χ3n) is 4.87. The number of aryl methyl sites for hydroxylation is 1. The van der Waals surface area contributed by atoms with Crippen LogP contribution in [0.15, 0.2) is 29.6 Å². The van der Waals surface area contributed by atoms with Crippen LogP contribution in [0.4, 0.5) is 0 Å². The molecule has 1 fully saturated rings. The third-order valence-corrected chi connectivity index (χ3v) is 5.69. The highest BCUT2D eigenvalue weighted by atomic mass is 32.1. The highest BCUT2D eigenvalue weighted by molar-refractivity contribution is 7.09. The first kappa shape index (κ1) is 21.3. The lowest BCUT2D eigenvalue weighted by Gasteiger charge is -2.29. The van der Waals surface area contributed by atoms with Crippen molar-refractivity contribution in [2.24, 2.45) is 0 Å². The number of thiazole rings is 1. The lowest BCUT2D eigenvalue weighted by atomic mass is 9.91. The topological polar surface area (TPSA) is 89.6 Å². The molecule has 0 spiro atoms. The van der Waals surface area contributed by atoms with Gasteiger partial charge < -0.3 is 20.1 Å². The average molecular weight is 418 g/mol. The zero-order chi connectivity index (χ0) is 20.6. The van der Waals surface area contributed by atoms with Crippen LogP contribution < -0.4 is 15.4 Å². The zero-order valence-electron chi connectivity index (χ0n) is 16.8. The highest BCUT2D eigenvalue weighted by Gasteiger charge is 2.24. The first-order valence-corrected chi connectivity index (χ1v) is 10.6. The first-order chi connectivity index (χ1) is 14.0. The second-order valence-electron chi connectivity index (χ2n) is 7.25. The van der Waals surface area contributed by atoms with Crippen molar-refractivity contribution in [2.45, 2.75) is 51.3 Å². The van der Waals surface area contributed by atoms with E-state index in [4.69, 9.17) is 9.47 Å². The van der Waals surface area contributed by atoms with Crippen LogP contribution in [0.25, 0.3) is 0 Å². The van der Waals surface area contributed by atoms with E-state index < -0.39 is 0 Å². The molecule has 0 saturated heterocycles. The molecule has 0 aliphatic heterocycles. The van der Waals surface area contributed by atoms with Crippen molar-refractivity contribution in [3.63, 3.8) is 0 Å². The molecule has 7 nitrogen and oxygen atoms in total. The van der Waals surface area contributed by atoms with Crippen molar-refractivity contribution in [2.75, 3.05) is 13.7 Å². The Kier molecular flexibility index (Phi) is 7.60. The number of amides is 2. The zero-order valence-corrected chi connectivity index (χ0v) is 17.6. The molecule has 1 aromatic carbocycles. The minimum absolute atomic E-state index is 0.0798. The Morgan fingerprint density at radius 1 is 1.10 bits per heavy atom.